The second kappa shape index (κ2) is 6.80. The lowest BCUT2D eigenvalue weighted by Gasteiger charge is -2.39. The van der Waals surface area contributed by atoms with Crippen molar-refractivity contribution < 1.29 is 4.74 Å². The van der Waals surface area contributed by atoms with Crippen molar-refractivity contribution in [2.75, 3.05) is 20.2 Å². The first kappa shape index (κ1) is 14.9. The molecule has 0 radical (unpaired) electrons. The Hall–Kier alpha value is -1.06. The Morgan fingerprint density at radius 3 is 2.90 bits per heavy atom. The largest absolute Gasteiger partial charge is 0.496 e. The molecule has 21 heavy (non-hydrogen) atoms. The minimum atomic E-state index is 0.695. The predicted octanol–water partition coefficient (Wildman–Crippen LogP) is 3.11. The summed E-state index contributed by atoms with van der Waals surface area (Å²) in [5.41, 5.74) is 2.65. The first-order valence-corrected chi connectivity index (χ1v) is 8.39. The third-order valence-corrected chi connectivity index (χ3v) is 5.04. The van der Waals surface area contributed by atoms with E-state index in [-0.39, 0.29) is 0 Å². The fourth-order valence-electron chi connectivity index (χ4n) is 3.96. The van der Waals surface area contributed by atoms with Crippen molar-refractivity contribution in [2.45, 2.75) is 57.7 Å². The monoisotopic (exact) mass is 288 g/mol. The van der Waals surface area contributed by atoms with Crippen LogP contribution in [0.15, 0.2) is 18.2 Å². The molecule has 0 amide bonds. The Kier molecular flexibility index (Phi) is 4.81. The molecule has 0 bridgehead atoms. The lowest BCUT2D eigenvalue weighted by molar-refractivity contribution is 0.111. The molecule has 1 N–H and O–H groups in total. The Bertz CT molecular complexity index is 468. The second-order valence-corrected chi connectivity index (χ2v) is 6.55. The molecule has 2 aliphatic heterocycles. The van der Waals surface area contributed by atoms with Gasteiger partial charge in [0, 0.05) is 24.2 Å². The van der Waals surface area contributed by atoms with Crippen LogP contribution in [-0.2, 0) is 6.54 Å². The number of methoxy groups -OCH3 is 1. The maximum Gasteiger partial charge on any atom is 0.123 e. The molecule has 0 spiro atoms. The summed E-state index contributed by atoms with van der Waals surface area (Å²) in [4.78, 5) is 2.68. The maximum atomic E-state index is 5.56. The standard InChI is InChI=1S/C18H28N2O/c1-14-8-9-18(21-2)15(12-14)13-20-11-4-3-7-17(20)16-6-5-10-19-16/h8-9,12,16-17,19H,3-7,10-11,13H2,1-2H3. The minimum Gasteiger partial charge on any atom is -0.496 e. The lowest BCUT2D eigenvalue weighted by atomic mass is 9.93. The highest BCUT2D eigenvalue weighted by Gasteiger charge is 2.31. The van der Waals surface area contributed by atoms with Crippen molar-refractivity contribution in [2.24, 2.45) is 0 Å². The van der Waals surface area contributed by atoms with Gasteiger partial charge in [-0.1, -0.05) is 24.1 Å². The van der Waals surface area contributed by atoms with E-state index in [1.807, 2.05) is 0 Å². The summed E-state index contributed by atoms with van der Waals surface area (Å²) in [5, 5.41) is 3.71. The number of nitrogens with zero attached hydrogens (tertiary/aromatic N) is 1. The van der Waals surface area contributed by atoms with E-state index in [1.165, 1.54) is 56.3 Å². The SMILES string of the molecule is COc1ccc(C)cc1CN1CCCCC1C1CCCN1. The fraction of sp³-hybridized carbons (Fsp3) is 0.667. The van der Waals surface area contributed by atoms with E-state index in [9.17, 15) is 0 Å². The van der Waals surface area contributed by atoms with Gasteiger partial charge >= 0.3 is 0 Å². The van der Waals surface area contributed by atoms with E-state index in [4.69, 9.17) is 4.74 Å². The van der Waals surface area contributed by atoms with Gasteiger partial charge in [0.2, 0.25) is 0 Å². The normalized spacial score (nSPS) is 27.0. The van der Waals surface area contributed by atoms with Crippen LogP contribution in [-0.4, -0.2) is 37.2 Å². The average Bonchev–Trinajstić information content (AvgIpc) is 3.02. The third-order valence-electron chi connectivity index (χ3n) is 5.04. The van der Waals surface area contributed by atoms with Gasteiger partial charge in [-0.2, -0.15) is 0 Å². The van der Waals surface area contributed by atoms with Crippen molar-refractivity contribution in [1.29, 1.82) is 0 Å². The molecule has 0 aliphatic carbocycles. The first-order valence-electron chi connectivity index (χ1n) is 8.39. The van der Waals surface area contributed by atoms with Crippen molar-refractivity contribution >= 4 is 0 Å². The van der Waals surface area contributed by atoms with Crippen LogP contribution in [0.25, 0.3) is 0 Å². The van der Waals surface area contributed by atoms with E-state index in [0.29, 0.717) is 12.1 Å². The highest BCUT2D eigenvalue weighted by atomic mass is 16.5. The summed E-state index contributed by atoms with van der Waals surface area (Å²) < 4.78 is 5.56. The topological polar surface area (TPSA) is 24.5 Å². The number of hydrogen-bond acceptors (Lipinski definition) is 3. The van der Waals surface area contributed by atoms with Crippen LogP contribution >= 0.6 is 0 Å². The van der Waals surface area contributed by atoms with Gasteiger partial charge in [0.1, 0.15) is 5.75 Å². The van der Waals surface area contributed by atoms with Crippen molar-refractivity contribution in [1.82, 2.24) is 10.2 Å². The van der Waals surface area contributed by atoms with Crippen molar-refractivity contribution in [3.63, 3.8) is 0 Å². The number of piperidine rings is 1. The van der Waals surface area contributed by atoms with E-state index in [1.54, 1.807) is 7.11 Å². The summed E-state index contributed by atoms with van der Waals surface area (Å²) in [6.07, 6.45) is 6.72. The van der Waals surface area contributed by atoms with Gasteiger partial charge in [-0.15, -0.1) is 0 Å². The maximum absolute atomic E-state index is 5.56. The van der Waals surface area contributed by atoms with Gasteiger partial charge in [0.15, 0.2) is 0 Å². The molecular weight excluding hydrogens is 260 g/mol. The molecule has 2 atom stereocenters. The number of aryl methyl sites for hydroxylation is 1. The van der Waals surface area contributed by atoms with Crippen LogP contribution in [0.2, 0.25) is 0 Å². The molecule has 0 aromatic heterocycles. The quantitative estimate of drug-likeness (QED) is 0.921. The van der Waals surface area contributed by atoms with Gasteiger partial charge < -0.3 is 10.1 Å². The van der Waals surface area contributed by atoms with Crippen LogP contribution in [0.5, 0.6) is 5.75 Å². The van der Waals surface area contributed by atoms with Gasteiger partial charge in [-0.25, -0.2) is 0 Å². The van der Waals surface area contributed by atoms with Crippen molar-refractivity contribution in [3.05, 3.63) is 29.3 Å². The molecule has 2 unspecified atom stereocenters. The zero-order chi connectivity index (χ0) is 14.7. The van der Waals surface area contributed by atoms with E-state index in [0.717, 1.165) is 12.3 Å². The van der Waals surface area contributed by atoms with Crippen LogP contribution in [0, 0.1) is 6.92 Å². The van der Waals surface area contributed by atoms with Crippen LogP contribution in [0.1, 0.15) is 43.2 Å². The second-order valence-electron chi connectivity index (χ2n) is 6.55. The van der Waals surface area contributed by atoms with E-state index < -0.39 is 0 Å². The summed E-state index contributed by atoms with van der Waals surface area (Å²) in [6, 6.07) is 7.92. The Balaban J connectivity index is 1.76. The number of rotatable bonds is 4. The summed E-state index contributed by atoms with van der Waals surface area (Å²) in [7, 11) is 1.78. The molecule has 2 heterocycles. The molecule has 1 aromatic rings. The third kappa shape index (κ3) is 3.41. The molecule has 2 saturated heterocycles. The summed E-state index contributed by atoms with van der Waals surface area (Å²) in [6.45, 7) is 5.60. The average molecular weight is 288 g/mol. The Morgan fingerprint density at radius 2 is 2.14 bits per heavy atom. The van der Waals surface area contributed by atoms with Gasteiger partial charge in [-0.05, 0) is 51.8 Å². The molecular formula is C18H28N2O. The summed E-state index contributed by atoms with van der Waals surface area (Å²) >= 11 is 0. The molecule has 3 rings (SSSR count). The number of ether oxygens (including phenoxy) is 1. The number of benzene rings is 1. The summed E-state index contributed by atoms with van der Waals surface area (Å²) in [5.74, 6) is 1.03. The smallest absolute Gasteiger partial charge is 0.123 e. The molecule has 0 saturated carbocycles. The van der Waals surface area contributed by atoms with Crippen LogP contribution in [0.3, 0.4) is 0 Å². The fourth-order valence-corrected chi connectivity index (χ4v) is 3.96. The highest BCUT2D eigenvalue weighted by Crippen LogP contribution is 2.28. The molecule has 3 heteroatoms. The zero-order valence-electron chi connectivity index (χ0n) is 13.4. The molecule has 1 aromatic carbocycles. The number of likely N-dealkylation sites (tertiary alicyclic amines) is 1. The first-order chi connectivity index (χ1) is 10.3. The van der Waals surface area contributed by atoms with Crippen LogP contribution in [0.4, 0.5) is 0 Å². The Morgan fingerprint density at radius 1 is 1.24 bits per heavy atom. The molecule has 3 nitrogen and oxygen atoms in total. The van der Waals surface area contributed by atoms with Gasteiger partial charge in [0.25, 0.3) is 0 Å². The predicted molar refractivity (Wildman–Crippen MR) is 86.8 cm³/mol. The molecule has 2 aliphatic rings. The molecule has 116 valence electrons. The number of nitrogens with one attached hydrogen (secondary N) is 1. The number of hydrogen-bond donors (Lipinski definition) is 1. The van der Waals surface area contributed by atoms with Crippen molar-refractivity contribution in [3.8, 4) is 5.75 Å². The highest BCUT2D eigenvalue weighted by molar-refractivity contribution is 5.36. The van der Waals surface area contributed by atoms with E-state index in [2.05, 4.69) is 35.3 Å². The van der Waals surface area contributed by atoms with Gasteiger partial charge in [-0.3, -0.25) is 4.90 Å². The van der Waals surface area contributed by atoms with Gasteiger partial charge in [0.05, 0.1) is 7.11 Å². The minimum absolute atomic E-state index is 0.695. The lowest BCUT2D eigenvalue weighted by Crippen LogP contribution is -2.49. The Labute approximate surface area is 128 Å². The zero-order valence-corrected chi connectivity index (χ0v) is 13.4. The molecule has 2 fully saturated rings. The van der Waals surface area contributed by atoms with E-state index >= 15 is 0 Å². The van der Waals surface area contributed by atoms with Crippen LogP contribution < -0.4 is 10.1 Å².